The van der Waals surface area contributed by atoms with Crippen LogP contribution in [0.15, 0.2) is 4.90 Å². The monoisotopic (exact) mass is 287 g/mol. The smallest absolute Gasteiger partial charge is 0.246 e. The van der Waals surface area contributed by atoms with Crippen molar-refractivity contribution in [3.05, 3.63) is 11.4 Å². The molecule has 0 aliphatic rings. The van der Waals surface area contributed by atoms with Gasteiger partial charge in [-0.2, -0.15) is 9.40 Å². The number of H-pyrrole nitrogens is 1. The zero-order valence-electron chi connectivity index (χ0n) is 11.7. The molecule has 0 aliphatic heterocycles. The topological polar surface area (TPSA) is 116 Å². The number of rotatable bonds is 6. The molecule has 0 bridgehead atoms. The molecule has 1 unspecified atom stereocenters. The predicted octanol–water partition coefficient (Wildman–Crippen LogP) is 0.609. The zero-order chi connectivity index (χ0) is 14.8. The highest BCUT2D eigenvalue weighted by Gasteiger charge is 2.29. The third-order valence-corrected chi connectivity index (χ3v) is 5.22. The molecule has 19 heavy (non-hydrogen) atoms. The van der Waals surface area contributed by atoms with Crippen molar-refractivity contribution < 1.29 is 8.42 Å². The normalized spacial score (nSPS) is 13.7. The van der Waals surface area contributed by atoms with E-state index in [9.17, 15) is 8.42 Å². The first-order valence-electron chi connectivity index (χ1n) is 6.07. The second-order valence-corrected chi connectivity index (χ2v) is 6.45. The number of sulfonamides is 1. The van der Waals surface area contributed by atoms with Gasteiger partial charge in [-0.1, -0.05) is 13.8 Å². The molecule has 0 saturated heterocycles. The summed E-state index contributed by atoms with van der Waals surface area (Å²) in [5.74, 6) is -0.337. The number of nitrogens with one attached hydrogen (secondary N) is 2. The van der Waals surface area contributed by atoms with Crippen LogP contribution in [0.2, 0.25) is 0 Å². The minimum absolute atomic E-state index is 0.0192. The fourth-order valence-corrected chi connectivity index (χ4v) is 3.72. The number of nitrogens with zero attached hydrogens (tertiary/aromatic N) is 2. The largest absolute Gasteiger partial charge is 0.387 e. The molecule has 1 aromatic rings. The highest BCUT2D eigenvalue weighted by molar-refractivity contribution is 7.89. The summed E-state index contributed by atoms with van der Waals surface area (Å²) in [6.07, 6.45) is 0. The van der Waals surface area contributed by atoms with Gasteiger partial charge in [0.05, 0.1) is 17.2 Å². The first-order chi connectivity index (χ1) is 8.71. The molecular weight excluding hydrogens is 266 g/mol. The maximum Gasteiger partial charge on any atom is 0.246 e. The Morgan fingerprint density at radius 3 is 2.47 bits per heavy atom. The van der Waals surface area contributed by atoms with Crippen LogP contribution in [0.4, 0.5) is 0 Å². The first-order valence-corrected chi connectivity index (χ1v) is 7.51. The van der Waals surface area contributed by atoms with Gasteiger partial charge in [-0.15, -0.1) is 0 Å². The van der Waals surface area contributed by atoms with Crippen molar-refractivity contribution in [3.63, 3.8) is 0 Å². The molecule has 4 N–H and O–H groups in total. The highest BCUT2D eigenvalue weighted by atomic mass is 32.2. The molecule has 0 radical (unpaired) electrons. The van der Waals surface area contributed by atoms with Crippen molar-refractivity contribution in [3.8, 4) is 0 Å². The Balaban J connectivity index is 3.13. The van der Waals surface area contributed by atoms with Crippen LogP contribution in [0.5, 0.6) is 0 Å². The number of aromatic amines is 1. The molecule has 1 heterocycles. The van der Waals surface area contributed by atoms with Gasteiger partial charge >= 0.3 is 0 Å². The molecule has 0 fully saturated rings. The van der Waals surface area contributed by atoms with E-state index in [4.69, 9.17) is 11.1 Å². The van der Waals surface area contributed by atoms with Gasteiger partial charge in [-0.05, 0) is 13.8 Å². The summed E-state index contributed by atoms with van der Waals surface area (Å²) in [7, 11) is -3.61. The van der Waals surface area contributed by atoms with Crippen molar-refractivity contribution >= 4 is 15.9 Å². The van der Waals surface area contributed by atoms with Gasteiger partial charge in [0.2, 0.25) is 10.0 Å². The average molecular weight is 287 g/mol. The quantitative estimate of drug-likeness (QED) is 0.525. The van der Waals surface area contributed by atoms with Crippen LogP contribution in [0.25, 0.3) is 0 Å². The Labute approximate surface area is 113 Å². The summed E-state index contributed by atoms with van der Waals surface area (Å²) in [6.45, 7) is 7.33. The van der Waals surface area contributed by atoms with Crippen LogP contribution in [-0.4, -0.2) is 41.8 Å². The van der Waals surface area contributed by atoms with Crippen LogP contribution in [0.3, 0.4) is 0 Å². The zero-order valence-corrected chi connectivity index (χ0v) is 12.5. The van der Waals surface area contributed by atoms with Crippen LogP contribution in [0.1, 0.15) is 25.2 Å². The minimum Gasteiger partial charge on any atom is -0.387 e. The summed E-state index contributed by atoms with van der Waals surface area (Å²) < 4.78 is 26.5. The number of hydrogen-bond donors (Lipinski definition) is 3. The Morgan fingerprint density at radius 2 is 2.11 bits per heavy atom. The molecule has 8 heteroatoms. The molecule has 0 spiro atoms. The summed E-state index contributed by atoms with van der Waals surface area (Å²) >= 11 is 0. The molecule has 1 rings (SSSR count). The van der Waals surface area contributed by atoms with Crippen molar-refractivity contribution in [2.24, 2.45) is 11.7 Å². The Hall–Kier alpha value is -1.41. The van der Waals surface area contributed by atoms with E-state index >= 15 is 0 Å². The number of nitrogens with two attached hydrogens (primary N) is 1. The lowest BCUT2D eigenvalue weighted by Gasteiger charge is -2.23. The van der Waals surface area contributed by atoms with E-state index in [1.807, 2.05) is 0 Å². The van der Waals surface area contributed by atoms with Crippen LogP contribution in [0, 0.1) is 25.2 Å². The summed E-state index contributed by atoms with van der Waals surface area (Å²) in [6, 6.07) is 0. The van der Waals surface area contributed by atoms with Gasteiger partial charge in [0.1, 0.15) is 4.90 Å². The number of amidine groups is 1. The van der Waals surface area contributed by atoms with E-state index in [1.165, 1.54) is 4.31 Å². The lowest BCUT2D eigenvalue weighted by atomic mass is 10.1. The second-order valence-electron chi connectivity index (χ2n) is 4.58. The molecule has 7 nitrogen and oxygen atoms in total. The molecule has 1 aromatic heterocycles. The summed E-state index contributed by atoms with van der Waals surface area (Å²) in [5.41, 5.74) is 6.37. The van der Waals surface area contributed by atoms with E-state index in [-0.39, 0.29) is 23.2 Å². The van der Waals surface area contributed by atoms with Gasteiger partial charge in [-0.25, -0.2) is 8.42 Å². The summed E-state index contributed by atoms with van der Waals surface area (Å²) in [5, 5.41) is 14.0. The number of aromatic nitrogens is 2. The molecule has 1 atom stereocenters. The summed E-state index contributed by atoms with van der Waals surface area (Å²) in [4.78, 5) is 0.213. The van der Waals surface area contributed by atoms with Gasteiger partial charge in [0.25, 0.3) is 0 Å². The highest BCUT2D eigenvalue weighted by Crippen LogP contribution is 2.22. The van der Waals surface area contributed by atoms with Crippen LogP contribution < -0.4 is 5.73 Å². The molecule has 0 aliphatic carbocycles. The standard InChI is InChI=1S/C11H21N5O2S/c1-5-16(6-7(2)11(12)13)19(17,18)10-8(3)14-15-9(10)4/h7H,5-6H2,1-4H3,(H3,12,13)(H,14,15). The predicted molar refractivity (Wildman–Crippen MR) is 73.6 cm³/mol. The molecule has 108 valence electrons. The lowest BCUT2D eigenvalue weighted by Crippen LogP contribution is -2.38. The fourth-order valence-electron chi connectivity index (χ4n) is 1.85. The molecule has 0 aromatic carbocycles. The Bertz CT molecular complexity index is 544. The van der Waals surface area contributed by atoms with Crippen molar-refractivity contribution in [2.45, 2.75) is 32.6 Å². The molecule has 0 amide bonds. The van der Waals surface area contributed by atoms with Gasteiger partial charge in [0, 0.05) is 19.0 Å². The van der Waals surface area contributed by atoms with Gasteiger partial charge in [0.15, 0.2) is 0 Å². The fraction of sp³-hybridized carbons (Fsp3) is 0.636. The minimum atomic E-state index is -3.61. The molecular formula is C11H21N5O2S. The van der Waals surface area contributed by atoms with Crippen molar-refractivity contribution in [1.82, 2.24) is 14.5 Å². The maximum absolute atomic E-state index is 12.6. The third kappa shape index (κ3) is 3.13. The van der Waals surface area contributed by atoms with Crippen molar-refractivity contribution in [1.29, 1.82) is 5.41 Å². The van der Waals surface area contributed by atoms with E-state index in [0.717, 1.165) is 0 Å². The molecule has 0 saturated carbocycles. The van der Waals surface area contributed by atoms with Gasteiger partial charge < -0.3 is 5.73 Å². The van der Waals surface area contributed by atoms with E-state index in [1.54, 1.807) is 27.7 Å². The van der Waals surface area contributed by atoms with E-state index < -0.39 is 10.0 Å². The van der Waals surface area contributed by atoms with Crippen molar-refractivity contribution in [2.75, 3.05) is 13.1 Å². The maximum atomic E-state index is 12.6. The number of aryl methyl sites for hydroxylation is 2. The van der Waals surface area contributed by atoms with Crippen LogP contribution >= 0.6 is 0 Å². The number of hydrogen-bond acceptors (Lipinski definition) is 4. The van der Waals surface area contributed by atoms with E-state index in [0.29, 0.717) is 17.9 Å². The van der Waals surface area contributed by atoms with E-state index in [2.05, 4.69) is 10.2 Å². The average Bonchev–Trinajstić information content (AvgIpc) is 2.65. The Kier molecular flexibility index (Phi) is 4.70. The van der Waals surface area contributed by atoms with Crippen LogP contribution in [-0.2, 0) is 10.0 Å². The third-order valence-electron chi connectivity index (χ3n) is 3.02. The first kappa shape index (κ1) is 15.6. The lowest BCUT2D eigenvalue weighted by molar-refractivity contribution is 0.403. The van der Waals surface area contributed by atoms with Gasteiger partial charge in [-0.3, -0.25) is 10.5 Å². The SMILES string of the molecule is CCN(CC(C)C(=N)N)S(=O)(=O)c1c(C)n[nH]c1C. The second kappa shape index (κ2) is 5.70. The Morgan fingerprint density at radius 1 is 1.53 bits per heavy atom.